The molecule has 9 nitrogen and oxygen atoms in total. The number of hydrogen-bond donors (Lipinski definition) is 2. The molecule has 0 aromatic rings. The quantitative estimate of drug-likeness (QED) is 0.328. The van der Waals surface area contributed by atoms with Gasteiger partial charge in [-0.3, -0.25) is 10.3 Å². The highest BCUT2D eigenvalue weighted by Crippen LogP contribution is 2.21. The minimum Gasteiger partial charge on any atom is -0.278 e. The normalized spacial score (nSPS) is 19.5. The Labute approximate surface area is 105 Å². The lowest BCUT2D eigenvalue weighted by Gasteiger charge is -2.31. The smallest absolute Gasteiger partial charge is 0.211 e. The number of nitrogens with two attached hydrogens (primary N) is 1. The molecule has 9 heteroatoms. The summed E-state index contributed by atoms with van der Waals surface area (Å²) in [5.41, 5.74) is 7.58. The Morgan fingerprint density at radius 2 is 2.39 bits per heavy atom. The number of nitriles is 1. The van der Waals surface area contributed by atoms with Gasteiger partial charge in [-0.25, -0.2) is 15.8 Å². The van der Waals surface area contributed by atoms with Crippen LogP contribution in [0.1, 0.15) is 20.8 Å². The third-order valence-corrected chi connectivity index (χ3v) is 2.30. The molecule has 1 atom stereocenters. The number of nitrogens with zero attached hydrogens (tertiary/aromatic N) is 7. The molecule has 0 saturated carbocycles. The fourth-order valence-electron chi connectivity index (χ4n) is 1.26. The van der Waals surface area contributed by atoms with E-state index in [0.29, 0.717) is 6.54 Å². The summed E-state index contributed by atoms with van der Waals surface area (Å²) in [4.78, 5) is 10.9. The van der Waals surface area contributed by atoms with Crippen LogP contribution in [0.15, 0.2) is 15.1 Å². The van der Waals surface area contributed by atoms with E-state index in [0.717, 1.165) is 5.01 Å². The van der Waals surface area contributed by atoms with Crippen LogP contribution in [0.3, 0.4) is 0 Å². The van der Waals surface area contributed by atoms with Gasteiger partial charge in [0.2, 0.25) is 5.96 Å². The predicted octanol–water partition coefficient (Wildman–Crippen LogP) is 0.683. The molecule has 96 valence electrons. The Balaban J connectivity index is 3.20. The summed E-state index contributed by atoms with van der Waals surface area (Å²) in [6.07, 6.45) is -0.601. The van der Waals surface area contributed by atoms with Gasteiger partial charge in [0.1, 0.15) is 11.3 Å². The van der Waals surface area contributed by atoms with Crippen LogP contribution in [0.4, 0.5) is 0 Å². The summed E-state index contributed by atoms with van der Waals surface area (Å²) in [5.74, 6) is 5.99. The van der Waals surface area contributed by atoms with Gasteiger partial charge in [-0.1, -0.05) is 6.92 Å². The maximum Gasteiger partial charge on any atom is 0.211 e. The fraction of sp³-hybridized carbons (Fsp3) is 0.667. The third-order valence-electron chi connectivity index (χ3n) is 2.30. The van der Waals surface area contributed by atoms with Gasteiger partial charge in [-0.15, -0.1) is 0 Å². The van der Waals surface area contributed by atoms with E-state index in [1.165, 1.54) is 0 Å². The van der Waals surface area contributed by atoms with Gasteiger partial charge < -0.3 is 0 Å². The second-order valence-corrected chi connectivity index (χ2v) is 4.13. The third kappa shape index (κ3) is 2.75. The second kappa shape index (κ2) is 5.46. The Hall–Kier alpha value is -2.14. The first-order valence-electron chi connectivity index (χ1n) is 5.37. The summed E-state index contributed by atoms with van der Waals surface area (Å²) in [6, 6.07) is 2.09. The summed E-state index contributed by atoms with van der Waals surface area (Å²) in [5, 5.41) is 16.6. The zero-order valence-corrected chi connectivity index (χ0v) is 10.5. The van der Waals surface area contributed by atoms with Crippen molar-refractivity contribution in [1.29, 1.82) is 5.26 Å². The van der Waals surface area contributed by atoms with Gasteiger partial charge in [0.25, 0.3) is 0 Å². The van der Waals surface area contributed by atoms with Crippen molar-refractivity contribution < 1.29 is 0 Å². The van der Waals surface area contributed by atoms with E-state index in [9.17, 15) is 0 Å². The summed E-state index contributed by atoms with van der Waals surface area (Å²) in [7, 11) is 0. The summed E-state index contributed by atoms with van der Waals surface area (Å²) in [6.45, 7) is 5.86. The van der Waals surface area contributed by atoms with E-state index in [-0.39, 0.29) is 11.8 Å². The highest BCUT2D eigenvalue weighted by Gasteiger charge is 2.31. The lowest BCUT2D eigenvalue weighted by atomic mass is 9.94. The van der Waals surface area contributed by atoms with Crippen LogP contribution in [0, 0.1) is 16.7 Å². The molecule has 0 spiro atoms. The minimum atomic E-state index is -0.884. The van der Waals surface area contributed by atoms with Crippen molar-refractivity contribution in [3.63, 3.8) is 0 Å². The van der Waals surface area contributed by atoms with E-state index in [1.807, 2.05) is 6.92 Å². The van der Waals surface area contributed by atoms with Gasteiger partial charge in [0.15, 0.2) is 6.29 Å². The van der Waals surface area contributed by atoms with Crippen molar-refractivity contribution in [2.24, 2.45) is 26.4 Å². The van der Waals surface area contributed by atoms with Crippen molar-refractivity contribution in [3.8, 4) is 6.07 Å². The first-order chi connectivity index (χ1) is 8.46. The molecule has 1 rings (SSSR count). The number of azide groups is 1. The van der Waals surface area contributed by atoms with Crippen LogP contribution >= 0.6 is 0 Å². The van der Waals surface area contributed by atoms with Crippen LogP contribution in [-0.4, -0.2) is 29.6 Å². The number of nitrogens with one attached hydrogen (secondary N) is 1. The monoisotopic (exact) mass is 249 g/mol. The topological polar surface area (TPSA) is 139 Å². The SMILES string of the molecule is CCNC1N=C(C(C)(C)C#N)N=C(N=[N+]=[N-])N1N. The van der Waals surface area contributed by atoms with Crippen molar-refractivity contribution in [2.75, 3.05) is 6.54 Å². The lowest BCUT2D eigenvalue weighted by Crippen LogP contribution is -2.54. The van der Waals surface area contributed by atoms with E-state index in [4.69, 9.17) is 16.6 Å². The molecule has 3 N–H and O–H groups in total. The number of rotatable bonds is 3. The minimum absolute atomic E-state index is 0.0169. The molecule has 18 heavy (non-hydrogen) atoms. The maximum absolute atomic E-state index is 9.08. The molecule has 1 aliphatic heterocycles. The lowest BCUT2D eigenvalue weighted by molar-refractivity contribution is 0.272. The van der Waals surface area contributed by atoms with Crippen LogP contribution < -0.4 is 11.2 Å². The standard InChI is InChI=1S/C9H15N9/c1-4-13-7-14-6(9(2,3)5-10)15-8(16-17-11)18(7)12/h7,13H,4,12H2,1-3H3. The van der Waals surface area contributed by atoms with Crippen molar-refractivity contribution in [3.05, 3.63) is 10.4 Å². The number of amidine groups is 1. The Kier molecular flexibility index (Phi) is 4.23. The first-order valence-corrected chi connectivity index (χ1v) is 5.37. The largest absolute Gasteiger partial charge is 0.278 e. The molecule has 0 aromatic heterocycles. The van der Waals surface area contributed by atoms with Crippen LogP contribution in [0.2, 0.25) is 0 Å². The molecule has 0 amide bonds. The highest BCUT2D eigenvalue weighted by atomic mass is 15.6. The van der Waals surface area contributed by atoms with Crippen molar-refractivity contribution in [2.45, 2.75) is 27.1 Å². The van der Waals surface area contributed by atoms with Gasteiger partial charge >= 0.3 is 0 Å². The Morgan fingerprint density at radius 3 is 2.89 bits per heavy atom. The molecule has 0 aliphatic carbocycles. The van der Waals surface area contributed by atoms with E-state index >= 15 is 0 Å². The van der Waals surface area contributed by atoms with Crippen LogP contribution in [0.5, 0.6) is 0 Å². The number of aliphatic imine (C=N–C) groups is 2. The van der Waals surface area contributed by atoms with Gasteiger partial charge in [-0.2, -0.15) is 5.26 Å². The zero-order chi connectivity index (χ0) is 13.8. The summed E-state index contributed by atoms with van der Waals surface area (Å²) < 4.78 is 0. The fourth-order valence-corrected chi connectivity index (χ4v) is 1.26. The molecule has 1 aliphatic rings. The molecule has 0 radical (unpaired) electrons. The molecule has 1 heterocycles. The number of hydrazine groups is 1. The number of guanidine groups is 1. The van der Waals surface area contributed by atoms with E-state index in [2.05, 4.69) is 31.4 Å². The molecular weight excluding hydrogens is 234 g/mol. The zero-order valence-electron chi connectivity index (χ0n) is 10.5. The number of hydrogen-bond acceptors (Lipinski definition) is 7. The van der Waals surface area contributed by atoms with Crippen molar-refractivity contribution in [1.82, 2.24) is 10.3 Å². The predicted molar refractivity (Wildman–Crippen MR) is 66.9 cm³/mol. The molecule has 0 fully saturated rings. The molecule has 1 unspecified atom stereocenters. The van der Waals surface area contributed by atoms with Crippen LogP contribution in [-0.2, 0) is 0 Å². The molecule has 0 bridgehead atoms. The highest BCUT2D eigenvalue weighted by molar-refractivity contribution is 6.01. The van der Waals surface area contributed by atoms with Gasteiger partial charge in [-0.05, 0) is 31.0 Å². The van der Waals surface area contributed by atoms with Crippen LogP contribution in [0.25, 0.3) is 10.4 Å². The Bertz CT molecular complexity index is 463. The molecular formula is C9H15N9. The van der Waals surface area contributed by atoms with Gasteiger partial charge in [0, 0.05) is 4.91 Å². The molecule has 0 aromatic carbocycles. The van der Waals surface area contributed by atoms with Crippen molar-refractivity contribution >= 4 is 11.8 Å². The first kappa shape index (κ1) is 13.9. The maximum atomic E-state index is 9.08. The van der Waals surface area contributed by atoms with E-state index in [1.54, 1.807) is 13.8 Å². The second-order valence-electron chi connectivity index (χ2n) is 4.13. The Morgan fingerprint density at radius 1 is 1.72 bits per heavy atom. The van der Waals surface area contributed by atoms with E-state index < -0.39 is 11.7 Å². The average Bonchev–Trinajstić information content (AvgIpc) is 2.34. The van der Waals surface area contributed by atoms with Gasteiger partial charge in [0.05, 0.1) is 6.07 Å². The molecule has 0 saturated heterocycles. The average molecular weight is 249 g/mol. The summed E-state index contributed by atoms with van der Waals surface area (Å²) >= 11 is 0.